The van der Waals surface area contributed by atoms with Gasteiger partial charge in [0.2, 0.25) is 0 Å². The van der Waals surface area contributed by atoms with E-state index in [9.17, 15) is 9.59 Å². The second kappa shape index (κ2) is 8.13. The molecule has 1 fully saturated rings. The molecule has 0 aliphatic carbocycles. The Morgan fingerprint density at radius 2 is 1.88 bits per heavy atom. The average molecular weight is 384 g/mol. The molecule has 0 N–H and O–H groups in total. The van der Waals surface area contributed by atoms with E-state index in [1.54, 1.807) is 48.5 Å². The van der Waals surface area contributed by atoms with Crippen molar-refractivity contribution < 1.29 is 14.3 Å². The molecule has 3 rings (SSSR count). The van der Waals surface area contributed by atoms with Gasteiger partial charge in [-0.25, -0.2) is 0 Å². The zero-order chi connectivity index (χ0) is 18.5. The van der Waals surface area contributed by atoms with Gasteiger partial charge in [-0.15, -0.1) is 6.42 Å². The first-order chi connectivity index (χ1) is 12.6. The van der Waals surface area contributed by atoms with Crippen LogP contribution in [0.15, 0.2) is 53.4 Å². The summed E-state index contributed by atoms with van der Waals surface area (Å²) in [5.74, 6) is 2.71. The Kier molecular flexibility index (Phi) is 5.67. The second-order valence-electron chi connectivity index (χ2n) is 5.42. The highest BCUT2D eigenvalue weighted by molar-refractivity contribution is 8.18. The van der Waals surface area contributed by atoms with E-state index in [1.807, 2.05) is 6.07 Å². The molecule has 2 aromatic carbocycles. The molecule has 0 aromatic heterocycles. The SMILES string of the molecule is C#CCOc1ccc(/C=C2\SC(=O)N(Cc3ccccc3Cl)C2=O)cc1. The quantitative estimate of drug-likeness (QED) is 0.559. The number of rotatable bonds is 5. The summed E-state index contributed by atoms with van der Waals surface area (Å²) >= 11 is 7.04. The molecule has 1 aliphatic heterocycles. The summed E-state index contributed by atoms with van der Waals surface area (Å²) < 4.78 is 5.31. The molecule has 2 amide bonds. The van der Waals surface area contributed by atoms with Crippen molar-refractivity contribution in [2.45, 2.75) is 6.54 Å². The van der Waals surface area contributed by atoms with Crippen molar-refractivity contribution in [2.75, 3.05) is 6.61 Å². The van der Waals surface area contributed by atoms with Gasteiger partial charge in [0, 0.05) is 5.02 Å². The number of ether oxygens (including phenoxy) is 1. The zero-order valence-corrected chi connectivity index (χ0v) is 15.2. The molecule has 130 valence electrons. The van der Waals surface area contributed by atoms with Crippen LogP contribution in [0.1, 0.15) is 11.1 Å². The van der Waals surface area contributed by atoms with E-state index in [-0.39, 0.29) is 24.3 Å². The molecule has 0 atom stereocenters. The number of terminal acetylenes is 1. The number of carbonyl (C=O) groups excluding carboxylic acids is 2. The summed E-state index contributed by atoms with van der Waals surface area (Å²) in [5, 5.41) is 0.216. The lowest BCUT2D eigenvalue weighted by atomic mass is 10.2. The van der Waals surface area contributed by atoms with Gasteiger partial charge in [-0.05, 0) is 47.2 Å². The van der Waals surface area contributed by atoms with Gasteiger partial charge in [-0.1, -0.05) is 47.9 Å². The zero-order valence-electron chi connectivity index (χ0n) is 13.6. The second-order valence-corrected chi connectivity index (χ2v) is 6.82. The number of imide groups is 1. The fraction of sp³-hybridized carbons (Fsp3) is 0.100. The van der Waals surface area contributed by atoms with Gasteiger partial charge < -0.3 is 4.74 Å². The normalized spacial score (nSPS) is 15.4. The summed E-state index contributed by atoms with van der Waals surface area (Å²) in [7, 11) is 0. The van der Waals surface area contributed by atoms with Crippen molar-refractivity contribution in [3.05, 3.63) is 69.6 Å². The molecule has 2 aromatic rings. The van der Waals surface area contributed by atoms with E-state index >= 15 is 0 Å². The number of hydrogen-bond acceptors (Lipinski definition) is 4. The first-order valence-electron chi connectivity index (χ1n) is 7.73. The van der Waals surface area contributed by atoms with E-state index in [2.05, 4.69) is 5.92 Å². The lowest BCUT2D eigenvalue weighted by molar-refractivity contribution is -0.123. The van der Waals surface area contributed by atoms with Gasteiger partial charge >= 0.3 is 0 Å². The van der Waals surface area contributed by atoms with Crippen LogP contribution in [0.25, 0.3) is 6.08 Å². The van der Waals surface area contributed by atoms with Crippen LogP contribution >= 0.6 is 23.4 Å². The monoisotopic (exact) mass is 383 g/mol. The Labute approximate surface area is 160 Å². The predicted octanol–water partition coefficient (Wildman–Crippen LogP) is 4.59. The van der Waals surface area contributed by atoms with E-state index in [1.165, 1.54) is 4.90 Å². The maximum absolute atomic E-state index is 12.6. The molecule has 6 heteroatoms. The number of hydrogen-bond donors (Lipinski definition) is 0. The third-order valence-electron chi connectivity index (χ3n) is 3.66. The lowest BCUT2D eigenvalue weighted by Crippen LogP contribution is -2.27. The molecule has 0 unspecified atom stereocenters. The van der Waals surface area contributed by atoms with Crippen LogP contribution in [0, 0.1) is 12.3 Å². The maximum Gasteiger partial charge on any atom is 0.293 e. The minimum Gasteiger partial charge on any atom is -0.481 e. The lowest BCUT2D eigenvalue weighted by Gasteiger charge is -2.13. The van der Waals surface area contributed by atoms with Crippen molar-refractivity contribution in [3.8, 4) is 18.1 Å². The highest BCUT2D eigenvalue weighted by Crippen LogP contribution is 2.34. The van der Waals surface area contributed by atoms with Gasteiger partial charge in [0.15, 0.2) is 0 Å². The molecule has 1 aliphatic rings. The first-order valence-corrected chi connectivity index (χ1v) is 8.93. The highest BCUT2D eigenvalue weighted by Gasteiger charge is 2.35. The van der Waals surface area contributed by atoms with Crippen LogP contribution in [-0.2, 0) is 11.3 Å². The first kappa shape index (κ1) is 18.1. The van der Waals surface area contributed by atoms with Gasteiger partial charge in [-0.3, -0.25) is 14.5 Å². The summed E-state index contributed by atoms with van der Waals surface area (Å²) in [5.41, 5.74) is 1.52. The van der Waals surface area contributed by atoms with E-state index < -0.39 is 0 Å². The van der Waals surface area contributed by atoms with Crippen molar-refractivity contribution >= 4 is 40.6 Å². The van der Waals surface area contributed by atoms with Crippen LogP contribution in [-0.4, -0.2) is 22.7 Å². The van der Waals surface area contributed by atoms with E-state index in [4.69, 9.17) is 22.8 Å². The Morgan fingerprint density at radius 1 is 1.15 bits per heavy atom. The molecule has 0 spiro atoms. The van der Waals surface area contributed by atoms with Crippen molar-refractivity contribution in [3.63, 3.8) is 0 Å². The third kappa shape index (κ3) is 4.10. The van der Waals surface area contributed by atoms with Gasteiger partial charge in [0.1, 0.15) is 12.4 Å². The highest BCUT2D eigenvalue weighted by atomic mass is 35.5. The Bertz CT molecular complexity index is 915. The number of amides is 2. The summed E-state index contributed by atoms with van der Waals surface area (Å²) in [6.07, 6.45) is 6.83. The molecule has 1 saturated heterocycles. The minimum atomic E-state index is -0.326. The van der Waals surface area contributed by atoms with Crippen LogP contribution in [0.2, 0.25) is 5.02 Å². The Balaban J connectivity index is 1.75. The average Bonchev–Trinajstić information content (AvgIpc) is 2.90. The third-order valence-corrected chi connectivity index (χ3v) is 4.94. The fourth-order valence-corrected chi connectivity index (χ4v) is 3.40. The molecule has 4 nitrogen and oxygen atoms in total. The molecule has 0 radical (unpaired) electrons. The number of nitrogens with zero attached hydrogens (tertiary/aromatic N) is 1. The molecule has 0 saturated carbocycles. The van der Waals surface area contributed by atoms with Crippen LogP contribution in [0.3, 0.4) is 0 Å². The van der Waals surface area contributed by atoms with Crippen LogP contribution in [0.4, 0.5) is 4.79 Å². The number of benzene rings is 2. The maximum atomic E-state index is 12.6. The van der Waals surface area contributed by atoms with Crippen molar-refractivity contribution in [1.29, 1.82) is 0 Å². The number of carbonyl (C=O) groups is 2. The Morgan fingerprint density at radius 3 is 2.58 bits per heavy atom. The van der Waals surface area contributed by atoms with Gasteiger partial charge in [-0.2, -0.15) is 0 Å². The molecular formula is C20H14ClNO3S. The standard InChI is InChI=1S/C20H14ClNO3S/c1-2-11-25-16-9-7-14(8-10-16)12-18-19(23)22(20(24)26-18)13-15-5-3-4-6-17(15)21/h1,3-10,12H,11,13H2/b18-12-. The Hall–Kier alpha value is -2.68. The minimum absolute atomic E-state index is 0.153. The van der Waals surface area contributed by atoms with Gasteiger partial charge in [0.05, 0.1) is 11.4 Å². The molecule has 26 heavy (non-hydrogen) atoms. The van der Waals surface area contributed by atoms with Gasteiger partial charge in [0.25, 0.3) is 11.1 Å². The molecular weight excluding hydrogens is 370 g/mol. The van der Waals surface area contributed by atoms with E-state index in [0.717, 1.165) is 22.9 Å². The van der Waals surface area contributed by atoms with Crippen molar-refractivity contribution in [2.24, 2.45) is 0 Å². The fourth-order valence-electron chi connectivity index (χ4n) is 2.37. The predicted molar refractivity (Wildman–Crippen MR) is 104 cm³/mol. The van der Waals surface area contributed by atoms with Crippen LogP contribution < -0.4 is 4.74 Å². The van der Waals surface area contributed by atoms with Crippen LogP contribution in [0.5, 0.6) is 5.75 Å². The number of halogens is 1. The summed E-state index contributed by atoms with van der Waals surface area (Å²) in [4.78, 5) is 26.4. The van der Waals surface area contributed by atoms with E-state index in [0.29, 0.717) is 15.7 Å². The smallest absolute Gasteiger partial charge is 0.293 e. The summed E-state index contributed by atoms with van der Waals surface area (Å²) in [6.45, 7) is 0.348. The topological polar surface area (TPSA) is 46.6 Å². The molecule has 1 heterocycles. The largest absolute Gasteiger partial charge is 0.481 e. The number of thioether (sulfide) groups is 1. The van der Waals surface area contributed by atoms with Crippen molar-refractivity contribution in [1.82, 2.24) is 4.90 Å². The molecule has 0 bridgehead atoms. The summed E-state index contributed by atoms with van der Waals surface area (Å²) in [6, 6.07) is 14.3.